The number of benzene rings is 1. The van der Waals surface area contributed by atoms with Crippen LogP contribution >= 0.6 is 0 Å². The van der Waals surface area contributed by atoms with Gasteiger partial charge in [-0.1, -0.05) is 0 Å². The van der Waals surface area contributed by atoms with Gasteiger partial charge in [0.15, 0.2) is 17.3 Å². The molecule has 118 valence electrons. The number of rotatable bonds is 3. The number of aromatic hydroxyl groups is 1. The van der Waals surface area contributed by atoms with E-state index in [2.05, 4.69) is 20.4 Å². The molecule has 1 aromatic carbocycles. The highest BCUT2D eigenvalue weighted by atomic mass is 16.3. The number of carbonyl (C=O) groups excluding carboxylic acids is 1. The largest absolute Gasteiger partial charge is 0.508 e. The normalized spacial score (nSPS) is 10.8. The molecule has 3 aromatic heterocycles. The van der Waals surface area contributed by atoms with Crippen LogP contribution in [0.5, 0.6) is 5.75 Å². The third-order valence-electron chi connectivity index (χ3n) is 3.49. The number of anilines is 1. The van der Waals surface area contributed by atoms with E-state index in [9.17, 15) is 9.90 Å². The Kier molecular flexibility index (Phi) is 3.20. The van der Waals surface area contributed by atoms with Crippen LogP contribution in [-0.2, 0) is 0 Å². The topological polar surface area (TPSA) is 97.3 Å². The third-order valence-corrected chi connectivity index (χ3v) is 3.49. The van der Waals surface area contributed by atoms with Crippen LogP contribution in [0.3, 0.4) is 0 Å². The molecule has 3 heterocycles. The molecule has 8 heteroatoms. The number of hydrogen-bond acceptors (Lipinski definition) is 5. The van der Waals surface area contributed by atoms with E-state index in [0.717, 1.165) is 0 Å². The zero-order valence-electron chi connectivity index (χ0n) is 12.4. The van der Waals surface area contributed by atoms with E-state index in [0.29, 0.717) is 22.8 Å². The van der Waals surface area contributed by atoms with Crippen molar-refractivity contribution in [3.63, 3.8) is 0 Å². The number of imidazole rings is 2. The molecule has 0 atom stereocenters. The molecule has 0 aliphatic carbocycles. The molecule has 0 fully saturated rings. The van der Waals surface area contributed by atoms with Crippen molar-refractivity contribution in [2.24, 2.45) is 0 Å². The van der Waals surface area contributed by atoms with Gasteiger partial charge in [0.25, 0.3) is 5.91 Å². The molecule has 1 amide bonds. The van der Waals surface area contributed by atoms with Gasteiger partial charge in [-0.05, 0) is 36.4 Å². The van der Waals surface area contributed by atoms with Gasteiger partial charge in [-0.25, -0.2) is 9.97 Å². The molecule has 0 aliphatic rings. The van der Waals surface area contributed by atoms with Crippen molar-refractivity contribution in [3.8, 4) is 11.6 Å². The second-order valence-corrected chi connectivity index (χ2v) is 5.08. The molecule has 0 aliphatic heterocycles. The van der Waals surface area contributed by atoms with Crippen molar-refractivity contribution in [1.29, 1.82) is 0 Å². The maximum atomic E-state index is 12.3. The highest BCUT2D eigenvalue weighted by molar-refractivity contribution is 6.04. The highest BCUT2D eigenvalue weighted by Crippen LogP contribution is 2.15. The molecule has 0 saturated carbocycles. The Balaban J connectivity index is 1.67. The first kappa shape index (κ1) is 13.9. The van der Waals surface area contributed by atoms with E-state index in [1.165, 1.54) is 24.3 Å². The van der Waals surface area contributed by atoms with Gasteiger partial charge in [-0.3, -0.25) is 9.36 Å². The van der Waals surface area contributed by atoms with Crippen LogP contribution in [0.25, 0.3) is 11.5 Å². The molecular formula is C16H12N6O2. The van der Waals surface area contributed by atoms with Gasteiger partial charge in [0, 0.05) is 18.0 Å². The molecule has 0 unspecified atom stereocenters. The van der Waals surface area contributed by atoms with Crippen LogP contribution in [0.2, 0.25) is 0 Å². The number of phenols is 1. The smallest absolute Gasteiger partial charge is 0.256 e. The predicted octanol–water partition coefficient (Wildman–Crippen LogP) is 1.87. The fourth-order valence-corrected chi connectivity index (χ4v) is 2.28. The molecule has 0 spiro atoms. The fraction of sp³-hybridized carbons (Fsp3) is 0. The second kappa shape index (κ2) is 5.51. The molecule has 0 radical (unpaired) electrons. The van der Waals surface area contributed by atoms with Crippen LogP contribution < -0.4 is 5.32 Å². The summed E-state index contributed by atoms with van der Waals surface area (Å²) < 4.78 is 3.30. The standard InChI is InChI=1S/C16H12N6O2/c23-12-3-1-11(2-4-12)16(24)19-15-9-18-13-5-6-14(20-22(13)15)21-8-7-17-10-21/h1-10,23H,(H,19,24). The maximum absolute atomic E-state index is 12.3. The summed E-state index contributed by atoms with van der Waals surface area (Å²) >= 11 is 0. The zero-order valence-corrected chi connectivity index (χ0v) is 12.4. The van der Waals surface area contributed by atoms with Crippen molar-refractivity contribution < 1.29 is 9.90 Å². The van der Waals surface area contributed by atoms with Crippen LogP contribution in [0, 0.1) is 0 Å². The Labute approximate surface area is 136 Å². The lowest BCUT2D eigenvalue weighted by Gasteiger charge is -2.06. The molecule has 24 heavy (non-hydrogen) atoms. The van der Waals surface area contributed by atoms with Crippen molar-refractivity contribution in [3.05, 3.63) is 66.9 Å². The number of phenolic OH excluding ortho intramolecular Hbond substituents is 1. The molecule has 0 bridgehead atoms. The first-order chi connectivity index (χ1) is 11.7. The monoisotopic (exact) mass is 320 g/mol. The summed E-state index contributed by atoms with van der Waals surface area (Å²) in [6, 6.07) is 9.61. The summed E-state index contributed by atoms with van der Waals surface area (Å²) in [5, 5.41) is 16.5. The summed E-state index contributed by atoms with van der Waals surface area (Å²) in [5.74, 6) is 0.891. The van der Waals surface area contributed by atoms with Crippen LogP contribution in [0.1, 0.15) is 10.4 Å². The summed E-state index contributed by atoms with van der Waals surface area (Å²) in [7, 11) is 0. The van der Waals surface area contributed by atoms with Gasteiger partial charge >= 0.3 is 0 Å². The SMILES string of the molecule is O=C(Nc1cnc2ccc(-n3ccnc3)nn12)c1ccc(O)cc1. The number of amides is 1. The quantitative estimate of drug-likeness (QED) is 0.600. The predicted molar refractivity (Wildman–Crippen MR) is 86.2 cm³/mol. The maximum Gasteiger partial charge on any atom is 0.256 e. The average Bonchev–Trinajstić information content (AvgIpc) is 3.25. The van der Waals surface area contributed by atoms with E-state index in [-0.39, 0.29) is 11.7 Å². The van der Waals surface area contributed by atoms with Gasteiger partial charge in [0.05, 0.1) is 6.20 Å². The highest BCUT2D eigenvalue weighted by Gasteiger charge is 2.11. The minimum Gasteiger partial charge on any atom is -0.508 e. The van der Waals surface area contributed by atoms with E-state index >= 15 is 0 Å². The number of carbonyl (C=O) groups is 1. The van der Waals surface area contributed by atoms with E-state index in [1.54, 1.807) is 40.1 Å². The Morgan fingerprint density at radius 2 is 1.96 bits per heavy atom. The number of nitrogens with one attached hydrogen (secondary N) is 1. The number of fused-ring (bicyclic) bond motifs is 1. The molecular weight excluding hydrogens is 308 g/mol. The van der Waals surface area contributed by atoms with Gasteiger partial charge in [-0.15, -0.1) is 5.10 Å². The molecule has 2 N–H and O–H groups in total. The lowest BCUT2D eigenvalue weighted by Crippen LogP contribution is -2.14. The lowest BCUT2D eigenvalue weighted by atomic mass is 10.2. The van der Waals surface area contributed by atoms with E-state index < -0.39 is 0 Å². The van der Waals surface area contributed by atoms with Gasteiger partial charge < -0.3 is 10.4 Å². The second-order valence-electron chi connectivity index (χ2n) is 5.08. The number of nitrogens with zero attached hydrogens (tertiary/aromatic N) is 5. The molecule has 4 aromatic rings. The van der Waals surface area contributed by atoms with Crippen LogP contribution in [0.15, 0.2) is 61.3 Å². The van der Waals surface area contributed by atoms with E-state index in [4.69, 9.17) is 0 Å². The zero-order chi connectivity index (χ0) is 16.5. The molecule has 4 rings (SSSR count). The van der Waals surface area contributed by atoms with Gasteiger partial charge in [-0.2, -0.15) is 4.52 Å². The van der Waals surface area contributed by atoms with Crippen molar-refractivity contribution in [2.75, 3.05) is 5.32 Å². The van der Waals surface area contributed by atoms with Gasteiger partial charge in [0.2, 0.25) is 0 Å². The Hall–Kier alpha value is -3.68. The van der Waals surface area contributed by atoms with Gasteiger partial charge in [0.1, 0.15) is 12.1 Å². The molecule has 0 saturated heterocycles. The summed E-state index contributed by atoms with van der Waals surface area (Å²) in [5.41, 5.74) is 1.04. The van der Waals surface area contributed by atoms with Crippen LogP contribution in [0.4, 0.5) is 5.82 Å². The lowest BCUT2D eigenvalue weighted by molar-refractivity contribution is 0.102. The summed E-state index contributed by atoms with van der Waals surface area (Å²) in [6.45, 7) is 0. The van der Waals surface area contributed by atoms with Crippen molar-refractivity contribution in [1.82, 2.24) is 24.1 Å². The molecule has 8 nitrogen and oxygen atoms in total. The number of hydrogen-bond donors (Lipinski definition) is 2. The Bertz CT molecular complexity index is 1000. The Morgan fingerprint density at radius 1 is 1.12 bits per heavy atom. The first-order valence-corrected chi connectivity index (χ1v) is 7.14. The first-order valence-electron chi connectivity index (χ1n) is 7.14. The minimum atomic E-state index is -0.313. The average molecular weight is 320 g/mol. The van der Waals surface area contributed by atoms with E-state index in [1.807, 2.05) is 6.07 Å². The van der Waals surface area contributed by atoms with Crippen molar-refractivity contribution >= 4 is 17.4 Å². The Morgan fingerprint density at radius 3 is 2.71 bits per heavy atom. The fourth-order valence-electron chi connectivity index (χ4n) is 2.28. The summed E-state index contributed by atoms with van der Waals surface area (Å²) in [6.07, 6.45) is 6.62. The van der Waals surface area contributed by atoms with Crippen LogP contribution in [-0.4, -0.2) is 35.2 Å². The third kappa shape index (κ3) is 2.45. The summed E-state index contributed by atoms with van der Waals surface area (Å²) in [4.78, 5) is 20.5. The van der Waals surface area contributed by atoms with Crippen molar-refractivity contribution in [2.45, 2.75) is 0 Å². The minimum absolute atomic E-state index is 0.105. The number of aromatic nitrogens is 5.